The molecule has 0 atom stereocenters. The second-order valence-corrected chi connectivity index (χ2v) is 16.0. The van der Waals surface area contributed by atoms with Crippen LogP contribution < -0.4 is 31.6 Å². The van der Waals surface area contributed by atoms with Crippen molar-refractivity contribution < 1.29 is 33.3 Å². The first-order chi connectivity index (χ1) is 20.5. The molecule has 0 aliphatic carbocycles. The first-order valence-corrected chi connectivity index (χ1v) is 16.6. The second-order valence-electron chi connectivity index (χ2n) is 11.2. The number of nitro benzene ring substituents is 2. The number of ether oxygens (including phenoxy) is 2. The minimum atomic E-state index is -1.95. The predicted molar refractivity (Wildman–Crippen MR) is 169 cm³/mol. The van der Waals surface area contributed by atoms with Gasteiger partial charge in [-0.2, -0.15) is 0 Å². The maximum absolute atomic E-state index is 11.9. The van der Waals surface area contributed by atoms with Gasteiger partial charge in [-0.15, -0.1) is 0 Å². The molecule has 0 aromatic heterocycles. The molecule has 2 rings (SSSR count). The molecule has 0 unspecified atom stereocenters. The molecule has 15 nitrogen and oxygen atoms in total. The Balaban J connectivity index is 2.16. The van der Waals surface area contributed by atoms with Crippen LogP contribution in [-0.4, -0.2) is 63.4 Å². The molecule has 0 aliphatic heterocycles. The quantitative estimate of drug-likeness (QED) is 0.0620. The normalized spacial score (nSPS) is 11.7. The molecule has 0 saturated carbocycles. The lowest BCUT2D eigenvalue weighted by molar-refractivity contribution is -0.384. The number of methoxy groups -OCH3 is 1. The van der Waals surface area contributed by atoms with Gasteiger partial charge in [-0.3, -0.25) is 29.8 Å². The summed E-state index contributed by atoms with van der Waals surface area (Å²) in [6.07, 6.45) is 3.77. The Kier molecular flexibility index (Phi) is 12.2. The molecule has 44 heavy (non-hydrogen) atoms. The van der Waals surface area contributed by atoms with Crippen molar-refractivity contribution in [1.82, 2.24) is 0 Å². The number of rotatable bonds is 17. The zero-order chi connectivity index (χ0) is 33.2. The lowest BCUT2D eigenvalue weighted by Crippen LogP contribution is -2.41. The van der Waals surface area contributed by atoms with E-state index in [1.54, 1.807) is 12.2 Å². The minimum absolute atomic E-state index is 0.0424. The summed E-state index contributed by atoms with van der Waals surface area (Å²) in [6, 6.07) is 4.76. The Morgan fingerprint density at radius 2 is 1.32 bits per heavy atom. The predicted octanol–water partition coefficient (Wildman–Crippen LogP) is 4.58. The van der Waals surface area contributed by atoms with Gasteiger partial charge in [0.2, 0.25) is 11.8 Å². The lowest BCUT2D eigenvalue weighted by Gasteiger charge is -2.36. The molecule has 2 amide bonds. The Labute approximate surface area is 256 Å². The third-order valence-corrected chi connectivity index (χ3v) is 11.7. The van der Waals surface area contributed by atoms with Crippen molar-refractivity contribution in [3.05, 3.63) is 67.8 Å². The van der Waals surface area contributed by atoms with E-state index in [1.807, 2.05) is 0 Å². The molecule has 16 heteroatoms. The molecule has 0 fully saturated rings. The van der Waals surface area contributed by atoms with Crippen molar-refractivity contribution >= 4 is 42.9 Å². The molecular weight excluding hydrogens is 592 g/mol. The van der Waals surface area contributed by atoms with Crippen molar-refractivity contribution in [2.45, 2.75) is 45.3 Å². The molecule has 2 aromatic carbocycles. The number of hydrogen-bond donors (Lipinski definition) is 4. The van der Waals surface area contributed by atoms with Crippen LogP contribution in [0.2, 0.25) is 18.1 Å². The van der Waals surface area contributed by atoms with Crippen LogP contribution in [0.4, 0.5) is 22.7 Å². The van der Waals surface area contributed by atoms with Gasteiger partial charge in [-0.1, -0.05) is 32.9 Å². The number of primary amides is 2. The largest absolute Gasteiger partial charge is 0.494 e. The van der Waals surface area contributed by atoms with Crippen molar-refractivity contribution in [1.29, 1.82) is 0 Å². The van der Waals surface area contributed by atoms with Crippen LogP contribution in [0, 0.1) is 20.2 Å². The number of hydrogen-bond acceptors (Lipinski definition) is 11. The molecule has 0 saturated heterocycles. The first-order valence-electron chi connectivity index (χ1n) is 13.7. The van der Waals surface area contributed by atoms with Crippen LogP contribution >= 0.6 is 0 Å². The van der Waals surface area contributed by atoms with Gasteiger partial charge in [-0.05, 0) is 30.3 Å². The van der Waals surface area contributed by atoms with Gasteiger partial charge in [-0.25, -0.2) is 0 Å². The van der Waals surface area contributed by atoms with Gasteiger partial charge >= 0.3 is 0 Å². The molecule has 0 bridgehead atoms. The molecule has 0 radical (unpaired) electrons. The Morgan fingerprint density at radius 3 is 1.73 bits per heavy atom. The molecule has 2 aromatic rings. The summed E-state index contributed by atoms with van der Waals surface area (Å²) in [5.74, 6) is -1.54. The van der Waals surface area contributed by atoms with Gasteiger partial charge in [0.25, 0.3) is 11.4 Å². The Hall–Kier alpha value is -4.70. The van der Waals surface area contributed by atoms with E-state index in [1.165, 1.54) is 19.2 Å². The van der Waals surface area contributed by atoms with Crippen molar-refractivity contribution in [2.24, 2.45) is 11.5 Å². The van der Waals surface area contributed by atoms with E-state index in [-0.39, 0.29) is 58.7 Å². The van der Waals surface area contributed by atoms with E-state index in [0.717, 1.165) is 12.1 Å². The number of anilines is 2. The Bertz CT molecular complexity index is 1420. The number of nitrogens with two attached hydrogens (primary N) is 2. The smallest absolute Gasteiger partial charge is 0.296 e. The van der Waals surface area contributed by atoms with Crippen LogP contribution in [0.1, 0.15) is 47.9 Å². The maximum Gasteiger partial charge on any atom is 0.296 e. The fraction of sp³-hybridized carbons (Fsp3) is 0.429. The monoisotopic (exact) mass is 632 g/mol. The molecular formula is C28H40N6O9Si. The summed E-state index contributed by atoms with van der Waals surface area (Å²) in [4.78, 5) is 45.5. The maximum atomic E-state index is 11.9. The second kappa shape index (κ2) is 15.2. The molecule has 0 heterocycles. The van der Waals surface area contributed by atoms with E-state index >= 15 is 0 Å². The number of carbonyl (C=O) groups is 2. The molecule has 0 aliphatic rings. The van der Waals surface area contributed by atoms with E-state index < -0.39 is 41.4 Å². The number of nitro groups is 2. The first kappa shape index (κ1) is 35.5. The fourth-order valence-corrected chi connectivity index (χ4v) is 4.77. The highest BCUT2D eigenvalue weighted by Gasteiger charge is 2.36. The minimum Gasteiger partial charge on any atom is -0.494 e. The van der Waals surface area contributed by atoms with Gasteiger partial charge < -0.3 is 36.0 Å². The number of nitrogens with zero attached hydrogens (tertiary/aromatic N) is 2. The van der Waals surface area contributed by atoms with Crippen LogP contribution in [0.15, 0.2) is 36.4 Å². The summed E-state index contributed by atoms with van der Waals surface area (Å²) < 4.78 is 17.2. The van der Waals surface area contributed by atoms with Crippen LogP contribution in [-0.2, 0) is 4.43 Å². The van der Waals surface area contributed by atoms with Gasteiger partial charge in [0.15, 0.2) is 19.7 Å². The number of nitrogens with one attached hydrogen (secondary N) is 2. The number of carbonyl (C=O) groups excluding carboxylic acids is 2. The van der Waals surface area contributed by atoms with E-state index in [2.05, 4.69) is 44.5 Å². The van der Waals surface area contributed by atoms with Gasteiger partial charge in [0.05, 0.1) is 23.6 Å². The highest BCUT2D eigenvalue weighted by atomic mass is 28.4. The highest BCUT2D eigenvalue weighted by molar-refractivity contribution is 6.74. The van der Waals surface area contributed by atoms with Crippen molar-refractivity contribution in [2.75, 3.05) is 44.0 Å². The average molecular weight is 633 g/mol. The summed E-state index contributed by atoms with van der Waals surface area (Å²) in [7, 11) is -0.657. The van der Waals surface area contributed by atoms with E-state index in [0.29, 0.717) is 13.0 Å². The third kappa shape index (κ3) is 9.40. The van der Waals surface area contributed by atoms with Gasteiger partial charge in [0.1, 0.15) is 11.5 Å². The van der Waals surface area contributed by atoms with Crippen molar-refractivity contribution in [3.8, 4) is 11.5 Å². The zero-order valence-corrected chi connectivity index (χ0v) is 26.7. The standard InChI is InChI=1S/C28H40N6O9Si/c1-28(2,3)44(5,6)43-13-9-12-42-23-17-19(27(30)36)15-21(34(39)40)25(23)32-11-8-7-10-31-24-20(33(37)38)14-18(26(29)35)16-22(24)41-4/h7-8,14-17,31-32H,9-13H2,1-6H3,(H2,29,35)(H2,30,36)/b8-7+. The van der Waals surface area contributed by atoms with Gasteiger partial charge in [0, 0.05) is 49.4 Å². The van der Waals surface area contributed by atoms with Crippen LogP contribution in [0.3, 0.4) is 0 Å². The van der Waals surface area contributed by atoms with Crippen molar-refractivity contribution in [3.63, 3.8) is 0 Å². The number of benzene rings is 2. The molecule has 0 spiro atoms. The van der Waals surface area contributed by atoms with Crippen LogP contribution in [0.5, 0.6) is 11.5 Å². The van der Waals surface area contributed by atoms with E-state index in [9.17, 15) is 29.8 Å². The summed E-state index contributed by atoms with van der Waals surface area (Å²) in [5, 5.41) is 29.3. The lowest BCUT2D eigenvalue weighted by atomic mass is 10.1. The average Bonchev–Trinajstić information content (AvgIpc) is 2.93. The zero-order valence-electron chi connectivity index (χ0n) is 25.7. The summed E-state index contributed by atoms with van der Waals surface area (Å²) in [6.45, 7) is 11.5. The molecule has 6 N–H and O–H groups in total. The SMILES string of the molecule is COc1cc(C(N)=O)cc([N+](=O)[O-])c1NC/C=C/CNc1c(OCCCO[Si](C)(C)C(C)(C)C)cc(C(N)=O)cc1[N+](=O)[O-]. The molecule has 240 valence electrons. The summed E-state index contributed by atoms with van der Waals surface area (Å²) in [5.41, 5.74) is 9.81. The fourth-order valence-electron chi connectivity index (χ4n) is 3.68. The van der Waals surface area contributed by atoms with Crippen LogP contribution in [0.25, 0.3) is 0 Å². The Morgan fingerprint density at radius 1 is 0.864 bits per heavy atom. The summed E-state index contributed by atoms with van der Waals surface area (Å²) >= 11 is 0. The highest BCUT2D eigenvalue weighted by Crippen LogP contribution is 2.38. The number of amides is 2. The van der Waals surface area contributed by atoms with E-state index in [4.69, 9.17) is 25.4 Å². The topological polar surface area (TPSA) is 224 Å². The third-order valence-electron chi connectivity index (χ3n) is 7.12.